The SMILES string of the molecule is CNc1nc(OC)nc(Oc2ncn(C)n2)n1. The number of rotatable bonds is 4. The van der Waals surface area contributed by atoms with E-state index in [4.69, 9.17) is 9.47 Å². The van der Waals surface area contributed by atoms with Gasteiger partial charge in [-0.05, 0) is 0 Å². The zero-order chi connectivity index (χ0) is 12.3. The zero-order valence-corrected chi connectivity index (χ0v) is 9.58. The molecule has 2 heterocycles. The third-order valence-corrected chi connectivity index (χ3v) is 1.76. The molecule has 0 spiro atoms. The van der Waals surface area contributed by atoms with E-state index in [2.05, 4.69) is 30.4 Å². The fourth-order valence-electron chi connectivity index (χ4n) is 1.03. The summed E-state index contributed by atoms with van der Waals surface area (Å²) in [6, 6.07) is 0.366. The molecule has 0 bridgehead atoms. The molecule has 0 aromatic carbocycles. The van der Waals surface area contributed by atoms with Crippen LogP contribution in [0.3, 0.4) is 0 Å². The molecule has 0 aliphatic rings. The average molecular weight is 237 g/mol. The number of hydrogen-bond donors (Lipinski definition) is 1. The fourth-order valence-corrected chi connectivity index (χ4v) is 1.03. The van der Waals surface area contributed by atoms with Crippen LogP contribution in [0.5, 0.6) is 18.0 Å². The number of anilines is 1. The first kappa shape index (κ1) is 11.0. The van der Waals surface area contributed by atoms with Crippen molar-refractivity contribution in [3.8, 4) is 18.0 Å². The molecule has 2 aromatic heterocycles. The van der Waals surface area contributed by atoms with Crippen LogP contribution in [0.15, 0.2) is 6.33 Å². The number of aromatic nitrogens is 6. The molecule has 0 unspecified atom stereocenters. The Bertz CT molecular complexity index is 490. The van der Waals surface area contributed by atoms with Crippen LogP contribution in [0.25, 0.3) is 0 Å². The summed E-state index contributed by atoms with van der Waals surface area (Å²) in [6.45, 7) is 0. The largest absolute Gasteiger partial charge is 0.467 e. The predicted molar refractivity (Wildman–Crippen MR) is 57.0 cm³/mol. The van der Waals surface area contributed by atoms with Crippen LogP contribution in [0.1, 0.15) is 0 Å². The predicted octanol–water partition coefficient (Wildman–Crippen LogP) is -0.157. The maximum Gasteiger partial charge on any atom is 0.343 e. The Kier molecular flexibility index (Phi) is 2.99. The quantitative estimate of drug-likeness (QED) is 0.783. The smallest absolute Gasteiger partial charge is 0.343 e. The first-order valence-electron chi connectivity index (χ1n) is 4.72. The molecule has 1 N–H and O–H groups in total. The third kappa shape index (κ3) is 2.56. The number of aryl methyl sites for hydroxylation is 1. The van der Waals surface area contributed by atoms with Gasteiger partial charge >= 0.3 is 18.0 Å². The van der Waals surface area contributed by atoms with Crippen LogP contribution in [0, 0.1) is 0 Å². The van der Waals surface area contributed by atoms with E-state index in [0.29, 0.717) is 5.95 Å². The van der Waals surface area contributed by atoms with Crippen molar-refractivity contribution in [1.29, 1.82) is 0 Å². The molecule has 9 heteroatoms. The minimum absolute atomic E-state index is 0.0624. The molecule has 0 radical (unpaired) electrons. The average Bonchev–Trinajstić information content (AvgIpc) is 2.74. The van der Waals surface area contributed by atoms with Gasteiger partial charge in [0.2, 0.25) is 5.95 Å². The first-order chi connectivity index (χ1) is 8.21. The van der Waals surface area contributed by atoms with Gasteiger partial charge in [-0.25, -0.2) is 0 Å². The summed E-state index contributed by atoms with van der Waals surface area (Å²) in [7, 11) is 4.86. The molecule has 0 saturated carbocycles. The Morgan fingerprint density at radius 1 is 1.18 bits per heavy atom. The van der Waals surface area contributed by atoms with Gasteiger partial charge in [0.25, 0.3) is 0 Å². The lowest BCUT2D eigenvalue weighted by Gasteiger charge is -2.04. The lowest BCUT2D eigenvalue weighted by atomic mass is 10.8. The fraction of sp³-hybridized carbons (Fsp3) is 0.375. The van der Waals surface area contributed by atoms with Crippen LogP contribution in [-0.4, -0.2) is 43.9 Å². The van der Waals surface area contributed by atoms with Crippen molar-refractivity contribution in [2.24, 2.45) is 7.05 Å². The maximum atomic E-state index is 5.26. The number of ether oxygens (including phenoxy) is 2. The Labute approximate surface area is 96.8 Å². The highest BCUT2D eigenvalue weighted by Crippen LogP contribution is 2.16. The van der Waals surface area contributed by atoms with Gasteiger partial charge in [0.15, 0.2) is 0 Å². The molecule has 17 heavy (non-hydrogen) atoms. The van der Waals surface area contributed by atoms with Gasteiger partial charge in [0.1, 0.15) is 6.33 Å². The maximum absolute atomic E-state index is 5.26. The second-order valence-corrected chi connectivity index (χ2v) is 2.98. The van der Waals surface area contributed by atoms with E-state index >= 15 is 0 Å². The number of hydrogen-bond acceptors (Lipinski definition) is 8. The van der Waals surface area contributed by atoms with Crippen molar-refractivity contribution < 1.29 is 9.47 Å². The van der Waals surface area contributed by atoms with Crippen molar-refractivity contribution in [1.82, 2.24) is 29.7 Å². The lowest BCUT2D eigenvalue weighted by Crippen LogP contribution is -2.03. The molecule has 90 valence electrons. The van der Waals surface area contributed by atoms with Crippen molar-refractivity contribution >= 4 is 5.95 Å². The van der Waals surface area contributed by atoms with Gasteiger partial charge in [-0.1, -0.05) is 0 Å². The van der Waals surface area contributed by atoms with E-state index in [1.165, 1.54) is 18.1 Å². The summed E-state index contributed by atoms with van der Waals surface area (Å²) < 4.78 is 11.7. The van der Waals surface area contributed by atoms with Gasteiger partial charge in [-0.3, -0.25) is 4.68 Å². The van der Waals surface area contributed by atoms with E-state index in [9.17, 15) is 0 Å². The number of nitrogens with one attached hydrogen (secondary N) is 1. The first-order valence-corrected chi connectivity index (χ1v) is 4.72. The van der Waals surface area contributed by atoms with Gasteiger partial charge in [0.05, 0.1) is 7.11 Å². The van der Waals surface area contributed by atoms with E-state index in [0.717, 1.165) is 0 Å². The minimum atomic E-state index is 0.0624. The van der Waals surface area contributed by atoms with Gasteiger partial charge in [-0.2, -0.15) is 15.0 Å². The molecule has 0 aliphatic carbocycles. The highest BCUT2D eigenvalue weighted by molar-refractivity contribution is 5.26. The van der Waals surface area contributed by atoms with Crippen LogP contribution in [0.2, 0.25) is 0 Å². The van der Waals surface area contributed by atoms with Crippen LogP contribution < -0.4 is 14.8 Å². The summed E-state index contributed by atoms with van der Waals surface area (Å²) in [6.07, 6.45) is 1.51. The van der Waals surface area contributed by atoms with Crippen molar-refractivity contribution in [3.63, 3.8) is 0 Å². The molecular weight excluding hydrogens is 226 g/mol. The molecule has 0 amide bonds. The van der Waals surface area contributed by atoms with E-state index in [1.807, 2.05) is 0 Å². The monoisotopic (exact) mass is 237 g/mol. The Balaban J connectivity index is 2.25. The second-order valence-electron chi connectivity index (χ2n) is 2.98. The molecule has 0 saturated heterocycles. The van der Waals surface area contributed by atoms with Gasteiger partial charge < -0.3 is 14.8 Å². The molecular formula is C8H11N7O2. The van der Waals surface area contributed by atoms with Crippen molar-refractivity contribution in [2.45, 2.75) is 0 Å². The van der Waals surface area contributed by atoms with E-state index < -0.39 is 0 Å². The lowest BCUT2D eigenvalue weighted by molar-refractivity contribution is 0.352. The standard InChI is InChI=1S/C8H11N7O2/c1-9-5-11-7(16-3)13-8(12-5)17-6-10-4-15(2)14-6/h4H,1-3H3,(H,9,11,12,13). The molecule has 0 atom stereocenters. The zero-order valence-electron chi connectivity index (χ0n) is 9.58. The topological polar surface area (TPSA) is 99.9 Å². The van der Waals surface area contributed by atoms with E-state index in [1.54, 1.807) is 14.1 Å². The van der Waals surface area contributed by atoms with Gasteiger partial charge in [0, 0.05) is 14.1 Å². The van der Waals surface area contributed by atoms with Crippen molar-refractivity contribution in [3.05, 3.63) is 6.33 Å². The Hall–Kier alpha value is -2.45. The molecule has 9 nitrogen and oxygen atoms in total. The van der Waals surface area contributed by atoms with Crippen molar-refractivity contribution in [2.75, 3.05) is 19.5 Å². The summed E-state index contributed by atoms with van der Waals surface area (Å²) in [5, 5.41) is 6.70. The highest BCUT2D eigenvalue weighted by Gasteiger charge is 2.09. The third-order valence-electron chi connectivity index (χ3n) is 1.76. The van der Waals surface area contributed by atoms with Crippen LogP contribution in [-0.2, 0) is 7.05 Å². The van der Waals surface area contributed by atoms with E-state index in [-0.39, 0.29) is 18.0 Å². The Morgan fingerprint density at radius 3 is 2.53 bits per heavy atom. The molecule has 2 rings (SSSR count). The second kappa shape index (κ2) is 4.60. The molecule has 0 fully saturated rings. The summed E-state index contributed by atoms with van der Waals surface area (Å²) >= 11 is 0. The van der Waals surface area contributed by atoms with Crippen LogP contribution >= 0.6 is 0 Å². The normalized spacial score (nSPS) is 10.1. The Morgan fingerprint density at radius 2 is 1.94 bits per heavy atom. The summed E-state index contributed by atoms with van der Waals surface area (Å²) in [5.41, 5.74) is 0. The molecule has 0 aliphatic heterocycles. The minimum Gasteiger partial charge on any atom is -0.467 e. The number of nitrogens with zero attached hydrogens (tertiary/aromatic N) is 6. The molecule has 2 aromatic rings. The summed E-state index contributed by atoms with van der Waals surface area (Å²) in [5.74, 6) is 0.336. The van der Waals surface area contributed by atoms with Crippen LogP contribution in [0.4, 0.5) is 5.95 Å². The number of methoxy groups -OCH3 is 1. The highest BCUT2D eigenvalue weighted by atomic mass is 16.5. The summed E-state index contributed by atoms with van der Waals surface area (Å²) in [4.78, 5) is 15.7. The van der Waals surface area contributed by atoms with Gasteiger partial charge in [-0.15, -0.1) is 10.1 Å².